The van der Waals surface area contributed by atoms with E-state index in [9.17, 15) is 0 Å². The average molecular weight is 350 g/mol. The number of pyridine rings is 1. The third kappa shape index (κ3) is 3.87. The predicted molar refractivity (Wildman–Crippen MR) is 97.8 cm³/mol. The molecule has 0 aromatic carbocycles. The number of aromatic nitrogens is 3. The molecule has 4 rings (SSSR count). The number of H-pyrrole nitrogens is 1. The van der Waals surface area contributed by atoms with Gasteiger partial charge in [0.1, 0.15) is 5.76 Å². The summed E-state index contributed by atoms with van der Waals surface area (Å²) in [5.74, 6) is 0.949. The molecule has 0 unspecified atom stereocenters. The van der Waals surface area contributed by atoms with Crippen LogP contribution in [0.3, 0.4) is 0 Å². The van der Waals surface area contributed by atoms with Crippen LogP contribution in [0.1, 0.15) is 16.9 Å². The number of nitrogens with one attached hydrogen (secondary N) is 1. The minimum Gasteiger partial charge on any atom is -0.468 e. The molecule has 0 atom stereocenters. The Hall–Kier alpha value is -2.70. The van der Waals surface area contributed by atoms with E-state index in [1.54, 1.807) is 23.8 Å². The zero-order valence-corrected chi connectivity index (χ0v) is 14.4. The summed E-state index contributed by atoms with van der Waals surface area (Å²) in [5, 5.41) is 9.47. The fraction of sp³-hybridized carbons (Fsp3) is 0.158. The number of aromatic amines is 1. The normalized spacial score (nSPS) is 11.2. The van der Waals surface area contributed by atoms with Crippen LogP contribution in [0.4, 0.5) is 0 Å². The van der Waals surface area contributed by atoms with Gasteiger partial charge in [-0.05, 0) is 35.2 Å². The van der Waals surface area contributed by atoms with Gasteiger partial charge in [0.15, 0.2) is 0 Å². The summed E-state index contributed by atoms with van der Waals surface area (Å²) in [7, 11) is 0. The SMILES string of the molecule is c1cncc(CN(Cc2ccco2)Cc2cn[nH]c2-c2cccs2)c1. The van der Waals surface area contributed by atoms with Crippen molar-refractivity contribution in [2.75, 3.05) is 0 Å². The predicted octanol–water partition coefficient (Wildman–Crippen LogP) is 4.33. The van der Waals surface area contributed by atoms with Crippen LogP contribution in [0.15, 0.2) is 71.0 Å². The Bertz CT molecular complexity index is 885. The van der Waals surface area contributed by atoms with Crippen molar-refractivity contribution in [1.82, 2.24) is 20.1 Å². The van der Waals surface area contributed by atoms with Gasteiger partial charge in [-0.1, -0.05) is 12.1 Å². The van der Waals surface area contributed by atoms with Gasteiger partial charge in [-0.3, -0.25) is 15.0 Å². The third-order valence-electron chi connectivity index (χ3n) is 3.97. The van der Waals surface area contributed by atoms with E-state index < -0.39 is 0 Å². The van der Waals surface area contributed by atoms with Crippen molar-refractivity contribution in [2.45, 2.75) is 19.6 Å². The first-order chi connectivity index (χ1) is 12.4. The standard InChI is InChI=1S/C19H18N4OS/c1-4-15(10-20-7-1)12-23(14-17-5-2-8-24-17)13-16-11-21-22-19(16)18-6-3-9-25-18/h1-11H,12-14H2,(H,21,22). The van der Waals surface area contributed by atoms with Crippen molar-refractivity contribution in [1.29, 1.82) is 0 Å². The maximum Gasteiger partial charge on any atom is 0.117 e. The lowest BCUT2D eigenvalue weighted by molar-refractivity contribution is 0.227. The van der Waals surface area contributed by atoms with Gasteiger partial charge in [0, 0.05) is 31.0 Å². The highest BCUT2D eigenvalue weighted by atomic mass is 32.1. The zero-order chi connectivity index (χ0) is 16.9. The van der Waals surface area contributed by atoms with Crippen LogP contribution in [-0.4, -0.2) is 20.1 Å². The molecule has 0 fully saturated rings. The van der Waals surface area contributed by atoms with Gasteiger partial charge < -0.3 is 4.42 Å². The van der Waals surface area contributed by atoms with Gasteiger partial charge in [0.2, 0.25) is 0 Å². The fourth-order valence-corrected chi connectivity index (χ4v) is 3.60. The molecule has 0 aliphatic carbocycles. The molecule has 4 aromatic rings. The van der Waals surface area contributed by atoms with E-state index in [1.165, 1.54) is 16.0 Å². The Morgan fingerprint density at radius 2 is 2.04 bits per heavy atom. The number of nitrogens with zero attached hydrogens (tertiary/aromatic N) is 3. The lowest BCUT2D eigenvalue weighted by Crippen LogP contribution is -2.22. The summed E-state index contributed by atoms with van der Waals surface area (Å²) in [6.07, 6.45) is 7.33. The molecule has 126 valence electrons. The van der Waals surface area contributed by atoms with Crippen molar-refractivity contribution < 1.29 is 4.42 Å². The van der Waals surface area contributed by atoms with Crippen molar-refractivity contribution in [2.24, 2.45) is 0 Å². The molecule has 0 radical (unpaired) electrons. The molecule has 25 heavy (non-hydrogen) atoms. The van der Waals surface area contributed by atoms with Crippen molar-refractivity contribution in [3.63, 3.8) is 0 Å². The Balaban J connectivity index is 1.57. The molecule has 0 saturated heterocycles. The molecular formula is C19H18N4OS. The second-order valence-corrected chi connectivity index (χ2v) is 6.78. The van der Waals surface area contributed by atoms with Crippen LogP contribution < -0.4 is 0 Å². The number of thiophene rings is 1. The first-order valence-corrected chi connectivity index (χ1v) is 8.96. The molecule has 4 aromatic heterocycles. The van der Waals surface area contributed by atoms with Gasteiger partial charge in [-0.25, -0.2) is 0 Å². The summed E-state index contributed by atoms with van der Waals surface area (Å²) in [4.78, 5) is 7.75. The molecule has 5 nitrogen and oxygen atoms in total. The fourth-order valence-electron chi connectivity index (χ4n) is 2.85. The van der Waals surface area contributed by atoms with E-state index in [4.69, 9.17) is 4.42 Å². The minimum absolute atomic E-state index is 0.733. The smallest absolute Gasteiger partial charge is 0.117 e. The maximum absolute atomic E-state index is 5.54. The summed E-state index contributed by atoms with van der Waals surface area (Å²) in [6.45, 7) is 2.31. The van der Waals surface area contributed by atoms with E-state index in [1.807, 2.05) is 30.6 Å². The van der Waals surface area contributed by atoms with Gasteiger partial charge in [-0.15, -0.1) is 11.3 Å². The molecular weight excluding hydrogens is 332 g/mol. The van der Waals surface area contributed by atoms with Crippen molar-refractivity contribution in [3.05, 3.63) is 83.5 Å². The molecule has 0 saturated carbocycles. The minimum atomic E-state index is 0.733. The highest BCUT2D eigenvalue weighted by molar-refractivity contribution is 7.13. The zero-order valence-electron chi connectivity index (χ0n) is 13.6. The van der Waals surface area contributed by atoms with E-state index in [2.05, 4.69) is 43.7 Å². The highest BCUT2D eigenvalue weighted by Gasteiger charge is 2.15. The number of furan rings is 1. The van der Waals surface area contributed by atoms with Crippen molar-refractivity contribution >= 4 is 11.3 Å². The third-order valence-corrected chi connectivity index (χ3v) is 4.86. The van der Waals surface area contributed by atoms with Crippen LogP contribution in [0.5, 0.6) is 0 Å². The Morgan fingerprint density at radius 1 is 1.04 bits per heavy atom. The highest BCUT2D eigenvalue weighted by Crippen LogP contribution is 2.27. The maximum atomic E-state index is 5.54. The number of hydrogen-bond acceptors (Lipinski definition) is 5. The Morgan fingerprint density at radius 3 is 2.80 bits per heavy atom. The lowest BCUT2D eigenvalue weighted by atomic mass is 10.2. The largest absolute Gasteiger partial charge is 0.468 e. The van der Waals surface area contributed by atoms with Crippen LogP contribution in [0.25, 0.3) is 10.6 Å². The molecule has 1 N–H and O–H groups in total. The van der Waals surface area contributed by atoms with Gasteiger partial charge in [0.05, 0.1) is 29.6 Å². The molecule has 4 heterocycles. The average Bonchev–Trinajstić information content (AvgIpc) is 3.38. The Labute approximate surface area is 150 Å². The Kier molecular flexibility index (Phi) is 4.72. The molecule has 0 aliphatic heterocycles. The summed E-state index contributed by atoms with van der Waals surface area (Å²) >= 11 is 1.71. The monoisotopic (exact) mass is 350 g/mol. The first-order valence-electron chi connectivity index (χ1n) is 8.08. The summed E-state index contributed by atoms with van der Waals surface area (Å²) < 4.78 is 5.54. The molecule has 0 aliphatic rings. The van der Waals surface area contributed by atoms with Crippen LogP contribution in [-0.2, 0) is 19.6 Å². The summed E-state index contributed by atoms with van der Waals surface area (Å²) in [6, 6.07) is 12.2. The molecule has 0 bridgehead atoms. The number of rotatable bonds is 7. The van der Waals surface area contributed by atoms with Gasteiger partial charge >= 0.3 is 0 Å². The van der Waals surface area contributed by atoms with Crippen molar-refractivity contribution in [3.8, 4) is 10.6 Å². The number of hydrogen-bond donors (Lipinski definition) is 1. The lowest BCUT2D eigenvalue weighted by Gasteiger charge is -2.21. The van der Waals surface area contributed by atoms with E-state index in [0.717, 1.165) is 31.1 Å². The molecule has 0 amide bonds. The second-order valence-electron chi connectivity index (χ2n) is 5.83. The van der Waals surface area contributed by atoms with Gasteiger partial charge in [0.25, 0.3) is 0 Å². The molecule has 6 heteroatoms. The van der Waals surface area contributed by atoms with Crippen LogP contribution >= 0.6 is 11.3 Å². The summed E-state index contributed by atoms with van der Waals surface area (Å²) in [5.41, 5.74) is 3.44. The van der Waals surface area contributed by atoms with E-state index >= 15 is 0 Å². The van der Waals surface area contributed by atoms with Crippen LogP contribution in [0, 0.1) is 0 Å². The van der Waals surface area contributed by atoms with E-state index in [-0.39, 0.29) is 0 Å². The van der Waals surface area contributed by atoms with E-state index in [0.29, 0.717) is 0 Å². The topological polar surface area (TPSA) is 58.0 Å². The second kappa shape index (κ2) is 7.46. The first kappa shape index (κ1) is 15.8. The molecule has 0 spiro atoms. The van der Waals surface area contributed by atoms with Gasteiger partial charge in [-0.2, -0.15) is 5.10 Å². The van der Waals surface area contributed by atoms with Crippen LogP contribution in [0.2, 0.25) is 0 Å². The quantitative estimate of drug-likeness (QED) is 0.539.